The van der Waals surface area contributed by atoms with E-state index >= 15 is 0 Å². The largest absolute Gasteiger partial charge is 0.294 e. The molecule has 0 spiro atoms. The van der Waals surface area contributed by atoms with Crippen LogP contribution < -0.4 is 0 Å². The molecule has 0 saturated heterocycles. The Hall–Kier alpha value is -0.150. The van der Waals surface area contributed by atoms with Crippen molar-refractivity contribution < 1.29 is 4.79 Å². The summed E-state index contributed by atoms with van der Waals surface area (Å²) in [5.41, 5.74) is 0.881. The molecule has 1 nitrogen and oxygen atoms in total. The quantitative estimate of drug-likeness (QED) is 0.750. The third kappa shape index (κ3) is 2.41. The van der Waals surface area contributed by atoms with Crippen molar-refractivity contribution in [1.29, 1.82) is 0 Å². The molecular formula is C10H13BrOS. The van der Waals surface area contributed by atoms with Gasteiger partial charge in [0.25, 0.3) is 0 Å². The Morgan fingerprint density at radius 1 is 1.69 bits per heavy atom. The van der Waals surface area contributed by atoms with Gasteiger partial charge in [-0.25, -0.2) is 0 Å². The molecular weight excluding hydrogens is 248 g/mol. The van der Waals surface area contributed by atoms with Crippen LogP contribution in [0.1, 0.15) is 35.5 Å². The maximum absolute atomic E-state index is 11.8. The monoisotopic (exact) mass is 260 g/mol. The molecule has 1 unspecified atom stereocenters. The van der Waals surface area contributed by atoms with Crippen molar-refractivity contribution in [2.24, 2.45) is 5.92 Å². The van der Waals surface area contributed by atoms with Gasteiger partial charge in [-0.05, 0) is 35.3 Å². The van der Waals surface area contributed by atoms with Crippen LogP contribution in [-0.4, -0.2) is 5.78 Å². The predicted octanol–water partition coefficient (Wildman–Crippen LogP) is 4.05. The lowest BCUT2D eigenvalue weighted by atomic mass is 9.98. The number of thiophene rings is 1. The van der Waals surface area contributed by atoms with Gasteiger partial charge in [-0.15, -0.1) is 11.3 Å². The lowest BCUT2D eigenvalue weighted by Gasteiger charge is -2.05. The van der Waals surface area contributed by atoms with Gasteiger partial charge in [0.05, 0.1) is 3.79 Å². The van der Waals surface area contributed by atoms with Gasteiger partial charge in [-0.3, -0.25) is 4.79 Å². The SMILES string of the molecule is CCC(C)C(=O)c1cc(Br)sc1C. The highest BCUT2D eigenvalue weighted by molar-refractivity contribution is 9.11. The smallest absolute Gasteiger partial charge is 0.166 e. The average molecular weight is 261 g/mol. The molecule has 1 atom stereocenters. The molecule has 0 aliphatic carbocycles. The summed E-state index contributed by atoms with van der Waals surface area (Å²) in [4.78, 5) is 12.9. The Labute approximate surface area is 91.3 Å². The van der Waals surface area contributed by atoms with Crippen molar-refractivity contribution in [3.05, 3.63) is 20.3 Å². The molecule has 0 saturated carbocycles. The van der Waals surface area contributed by atoms with E-state index in [0.717, 1.165) is 20.6 Å². The van der Waals surface area contributed by atoms with Gasteiger partial charge >= 0.3 is 0 Å². The van der Waals surface area contributed by atoms with Crippen molar-refractivity contribution in [1.82, 2.24) is 0 Å². The van der Waals surface area contributed by atoms with E-state index in [2.05, 4.69) is 15.9 Å². The number of carbonyl (C=O) groups excluding carboxylic acids is 1. The van der Waals surface area contributed by atoms with Gasteiger partial charge in [0, 0.05) is 16.4 Å². The zero-order chi connectivity index (χ0) is 10.0. The Balaban J connectivity index is 2.94. The molecule has 0 aliphatic rings. The summed E-state index contributed by atoms with van der Waals surface area (Å²) >= 11 is 5.01. The van der Waals surface area contributed by atoms with E-state index in [4.69, 9.17) is 0 Å². The maximum atomic E-state index is 11.8. The molecule has 0 fully saturated rings. The van der Waals surface area contributed by atoms with E-state index in [-0.39, 0.29) is 11.7 Å². The molecule has 1 rings (SSSR count). The van der Waals surface area contributed by atoms with E-state index in [1.54, 1.807) is 11.3 Å². The van der Waals surface area contributed by atoms with Gasteiger partial charge in [-0.1, -0.05) is 13.8 Å². The third-order valence-corrected chi connectivity index (χ3v) is 3.77. The van der Waals surface area contributed by atoms with Crippen LogP contribution in [0.5, 0.6) is 0 Å². The Morgan fingerprint density at radius 2 is 2.31 bits per heavy atom. The van der Waals surface area contributed by atoms with Gasteiger partial charge < -0.3 is 0 Å². The third-order valence-electron chi connectivity index (χ3n) is 2.21. The number of ketones is 1. The lowest BCUT2D eigenvalue weighted by Crippen LogP contribution is -2.09. The summed E-state index contributed by atoms with van der Waals surface area (Å²) in [6.45, 7) is 6.01. The highest BCUT2D eigenvalue weighted by Gasteiger charge is 2.17. The summed E-state index contributed by atoms with van der Waals surface area (Å²) in [5.74, 6) is 0.405. The van der Waals surface area contributed by atoms with Crippen molar-refractivity contribution in [2.75, 3.05) is 0 Å². The molecule has 1 heterocycles. The summed E-state index contributed by atoms with van der Waals surface area (Å²) in [6.07, 6.45) is 0.908. The number of carbonyl (C=O) groups is 1. The number of halogens is 1. The van der Waals surface area contributed by atoms with E-state index in [1.165, 1.54) is 0 Å². The minimum Gasteiger partial charge on any atom is -0.294 e. The summed E-state index contributed by atoms with van der Waals surface area (Å²) in [7, 11) is 0. The van der Waals surface area contributed by atoms with Crippen molar-refractivity contribution in [2.45, 2.75) is 27.2 Å². The van der Waals surface area contributed by atoms with Crippen LogP contribution in [0, 0.1) is 12.8 Å². The number of hydrogen-bond acceptors (Lipinski definition) is 2. The topological polar surface area (TPSA) is 17.1 Å². The first-order valence-electron chi connectivity index (χ1n) is 4.36. The second kappa shape index (κ2) is 4.38. The maximum Gasteiger partial charge on any atom is 0.166 e. The van der Waals surface area contributed by atoms with Gasteiger partial charge in [0.15, 0.2) is 5.78 Å². The van der Waals surface area contributed by atoms with Crippen LogP contribution in [0.2, 0.25) is 0 Å². The molecule has 1 aromatic heterocycles. The first-order chi connectivity index (χ1) is 6.06. The van der Waals surface area contributed by atoms with Crippen LogP contribution in [0.4, 0.5) is 0 Å². The standard InChI is InChI=1S/C10H13BrOS/c1-4-6(2)10(12)8-5-9(11)13-7(8)3/h5-6H,4H2,1-3H3. The summed E-state index contributed by atoms with van der Waals surface area (Å²) < 4.78 is 1.04. The number of rotatable bonds is 3. The molecule has 0 N–H and O–H groups in total. The van der Waals surface area contributed by atoms with Crippen LogP contribution in [0.15, 0.2) is 9.85 Å². The molecule has 0 bridgehead atoms. The minimum absolute atomic E-state index is 0.139. The normalized spacial score (nSPS) is 12.9. The molecule has 72 valence electrons. The molecule has 13 heavy (non-hydrogen) atoms. The van der Waals surface area contributed by atoms with Crippen LogP contribution >= 0.6 is 27.3 Å². The average Bonchev–Trinajstić information content (AvgIpc) is 2.42. The first-order valence-corrected chi connectivity index (χ1v) is 5.97. The first kappa shape index (κ1) is 10.9. The Bertz CT molecular complexity index is 317. The second-order valence-electron chi connectivity index (χ2n) is 3.19. The molecule has 3 heteroatoms. The van der Waals surface area contributed by atoms with E-state index in [9.17, 15) is 4.79 Å². The molecule has 0 aliphatic heterocycles. The molecule has 0 radical (unpaired) electrons. The second-order valence-corrected chi connectivity index (χ2v) is 5.83. The Morgan fingerprint density at radius 3 is 2.69 bits per heavy atom. The molecule has 0 amide bonds. The fraction of sp³-hybridized carbons (Fsp3) is 0.500. The van der Waals surface area contributed by atoms with Crippen molar-refractivity contribution in [3.63, 3.8) is 0 Å². The number of Topliss-reactive ketones (excluding diaryl/α,β-unsaturated/α-hetero) is 1. The molecule has 1 aromatic rings. The Kier molecular flexibility index (Phi) is 3.68. The fourth-order valence-electron chi connectivity index (χ4n) is 1.14. The van der Waals surface area contributed by atoms with E-state index in [0.29, 0.717) is 0 Å². The number of aryl methyl sites for hydroxylation is 1. The minimum atomic E-state index is 0.139. The number of hydrogen-bond donors (Lipinski definition) is 0. The predicted molar refractivity (Wildman–Crippen MR) is 60.5 cm³/mol. The highest BCUT2D eigenvalue weighted by atomic mass is 79.9. The van der Waals surface area contributed by atoms with Crippen LogP contribution in [0.3, 0.4) is 0 Å². The van der Waals surface area contributed by atoms with E-state index in [1.807, 2.05) is 26.8 Å². The highest BCUT2D eigenvalue weighted by Crippen LogP contribution is 2.28. The molecule has 0 aromatic carbocycles. The van der Waals surface area contributed by atoms with E-state index < -0.39 is 0 Å². The van der Waals surface area contributed by atoms with Gasteiger partial charge in [0.2, 0.25) is 0 Å². The van der Waals surface area contributed by atoms with Crippen molar-refractivity contribution >= 4 is 33.0 Å². The van der Waals surface area contributed by atoms with Gasteiger partial charge in [-0.2, -0.15) is 0 Å². The van der Waals surface area contributed by atoms with Crippen molar-refractivity contribution in [3.8, 4) is 0 Å². The van der Waals surface area contributed by atoms with Crippen LogP contribution in [-0.2, 0) is 0 Å². The van der Waals surface area contributed by atoms with Crippen LogP contribution in [0.25, 0.3) is 0 Å². The lowest BCUT2D eigenvalue weighted by molar-refractivity contribution is 0.0927. The zero-order valence-corrected chi connectivity index (χ0v) is 10.5. The summed E-state index contributed by atoms with van der Waals surface area (Å²) in [5, 5.41) is 0. The zero-order valence-electron chi connectivity index (χ0n) is 8.06. The summed E-state index contributed by atoms with van der Waals surface area (Å²) in [6, 6.07) is 1.93. The van der Waals surface area contributed by atoms with Gasteiger partial charge in [0.1, 0.15) is 0 Å². The fourth-order valence-corrected chi connectivity index (χ4v) is 2.84.